The first-order chi connectivity index (χ1) is 15.1. The molecule has 2 aliphatic rings. The Labute approximate surface area is 184 Å². The molecule has 0 aromatic heterocycles. The lowest BCUT2D eigenvalue weighted by atomic mass is 9.98. The molecular weight excluding hydrogens is 395 g/mol. The second-order valence-electron chi connectivity index (χ2n) is 8.96. The Balaban J connectivity index is 1.43. The molecule has 2 N–H and O–H groups in total. The molecule has 1 saturated heterocycles. The third kappa shape index (κ3) is 5.76. The van der Waals surface area contributed by atoms with Crippen LogP contribution in [0.2, 0.25) is 0 Å². The average molecular weight is 431 g/mol. The van der Waals surface area contributed by atoms with Crippen LogP contribution in [0.25, 0.3) is 0 Å². The Morgan fingerprint density at radius 2 is 1.84 bits per heavy atom. The number of hydrogen-bond donors (Lipinski definition) is 2. The summed E-state index contributed by atoms with van der Waals surface area (Å²) in [7, 11) is 3.31. The molecule has 4 rings (SSSR count). The van der Waals surface area contributed by atoms with Gasteiger partial charge in [0.1, 0.15) is 38.5 Å². The summed E-state index contributed by atoms with van der Waals surface area (Å²) in [6.07, 6.45) is 2.55. The maximum absolute atomic E-state index is 13.8. The predicted octanol–water partition coefficient (Wildman–Crippen LogP) is 1.25. The molecule has 0 saturated carbocycles. The van der Waals surface area contributed by atoms with E-state index < -0.39 is 0 Å². The maximum atomic E-state index is 13.8. The van der Waals surface area contributed by atoms with Crippen LogP contribution >= 0.6 is 0 Å². The zero-order valence-electron chi connectivity index (χ0n) is 18.7. The van der Waals surface area contributed by atoms with Gasteiger partial charge in [0.15, 0.2) is 11.6 Å². The van der Waals surface area contributed by atoms with Gasteiger partial charge in [-0.2, -0.15) is 0 Å². The van der Waals surface area contributed by atoms with Gasteiger partial charge in [0, 0.05) is 29.7 Å². The lowest BCUT2D eigenvalue weighted by molar-refractivity contribution is -0.926. The molecule has 168 valence electrons. The van der Waals surface area contributed by atoms with E-state index in [4.69, 9.17) is 14.2 Å². The summed E-state index contributed by atoms with van der Waals surface area (Å²) in [5.41, 5.74) is 3.72. The van der Waals surface area contributed by atoms with Gasteiger partial charge in [-0.1, -0.05) is 6.07 Å². The summed E-state index contributed by atoms with van der Waals surface area (Å²) in [5, 5.41) is 0. The second-order valence-corrected chi connectivity index (χ2v) is 8.96. The van der Waals surface area contributed by atoms with E-state index in [9.17, 15) is 4.39 Å². The van der Waals surface area contributed by atoms with Crippen molar-refractivity contribution in [2.45, 2.75) is 32.5 Å². The molecule has 0 spiro atoms. The van der Waals surface area contributed by atoms with E-state index in [1.807, 2.05) is 12.1 Å². The quantitative estimate of drug-likeness (QED) is 0.694. The predicted molar refractivity (Wildman–Crippen MR) is 117 cm³/mol. The number of benzene rings is 2. The van der Waals surface area contributed by atoms with Crippen molar-refractivity contribution >= 4 is 0 Å². The molecule has 2 heterocycles. The standard InChI is InChI=1S/C25H33FN2O3/c1-29-18-21-4-3-9-27(16-21)14-19-6-8-24-22(12-19)17-28(10-11-31-24)15-20-5-7-23(26)25(13-20)30-2/h5-8,12-13,21H,3-4,9-11,14-18H2,1-2H3/p+2. The lowest BCUT2D eigenvalue weighted by Crippen LogP contribution is -3.12. The van der Waals surface area contributed by atoms with Gasteiger partial charge < -0.3 is 24.0 Å². The van der Waals surface area contributed by atoms with E-state index >= 15 is 0 Å². The molecule has 2 aromatic rings. The lowest BCUT2D eigenvalue weighted by Gasteiger charge is -2.29. The highest BCUT2D eigenvalue weighted by Gasteiger charge is 2.24. The molecule has 0 amide bonds. The smallest absolute Gasteiger partial charge is 0.165 e. The van der Waals surface area contributed by atoms with Crippen LogP contribution in [0.4, 0.5) is 4.39 Å². The summed E-state index contributed by atoms with van der Waals surface area (Å²) >= 11 is 0. The van der Waals surface area contributed by atoms with E-state index in [-0.39, 0.29) is 5.82 Å². The van der Waals surface area contributed by atoms with Gasteiger partial charge in [0.25, 0.3) is 0 Å². The third-order valence-electron chi connectivity index (χ3n) is 6.52. The number of hydrogen-bond acceptors (Lipinski definition) is 3. The monoisotopic (exact) mass is 430 g/mol. The second kappa shape index (κ2) is 10.4. The minimum absolute atomic E-state index is 0.307. The summed E-state index contributed by atoms with van der Waals surface area (Å²) in [5.74, 6) is 1.66. The number of piperidine rings is 1. The molecule has 2 aliphatic heterocycles. The van der Waals surface area contributed by atoms with Crippen LogP contribution in [-0.4, -0.2) is 47.1 Å². The highest BCUT2D eigenvalue weighted by molar-refractivity contribution is 5.37. The molecule has 6 heteroatoms. The molecule has 0 bridgehead atoms. The maximum Gasteiger partial charge on any atom is 0.165 e. The molecule has 1 fully saturated rings. The van der Waals surface area contributed by atoms with Crippen molar-refractivity contribution in [2.24, 2.45) is 5.92 Å². The van der Waals surface area contributed by atoms with Gasteiger partial charge in [-0.25, -0.2) is 4.39 Å². The molecule has 3 unspecified atom stereocenters. The fourth-order valence-corrected chi connectivity index (χ4v) is 5.02. The van der Waals surface area contributed by atoms with Crippen LogP contribution in [0, 0.1) is 11.7 Å². The van der Waals surface area contributed by atoms with Crippen LogP contribution in [-0.2, 0) is 24.4 Å². The Bertz CT molecular complexity index is 874. The third-order valence-corrected chi connectivity index (χ3v) is 6.52. The number of ether oxygens (including phenoxy) is 3. The highest BCUT2D eigenvalue weighted by Crippen LogP contribution is 2.22. The first kappa shape index (κ1) is 22.1. The van der Waals surface area contributed by atoms with E-state index in [1.54, 1.807) is 12.0 Å². The van der Waals surface area contributed by atoms with Crippen LogP contribution in [0.3, 0.4) is 0 Å². The van der Waals surface area contributed by atoms with E-state index in [0.29, 0.717) is 18.3 Å². The molecule has 31 heavy (non-hydrogen) atoms. The minimum Gasteiger partial charge on any atom is -0.494 e. The Hall–Kier alpha value is -2.15. The van der Waals surface area contributed by atoms with Gasteiger partial charge in [-0.3, -0.25) is 0 Å². The summed E-state index contributed by atoms with van der Waals surface area (Å²) in [4.78, 5) is 3.06. The van der Waals surface area contributed by atoms with Crippen molar-refractivity contribution in [3.63, 3.8) is 0 Å². The topological polar surface area (TPSA) is 36.6 Å². The Morgan fingerprint density at radius 1 is 1.03 bits per heavy atom. The number of likely N-dealkylation sites (tertiary alicyclic amines) is 1. The molecule has 2 aromatic carbocycles. The zero-order valence-corrected chi connectivity index (χ0v) is 18.7. The van der Waals surface area contributed by atoms with E-state index in [1.165, 1.54) is 55.1 Å². The molecule has 0 aliphatic carbocycles. The van der Waals surface area contributed by atoms with Gasteiger partial charge in [-0.05, 0) is 43.2 Å². The minimum atomic E-state index is -0.316. The van der Waals surface area contributed by atoms with Crippen molar-refractivity contribution in [3.05, 3.63) is 58.9 Å². The summed E-state index contributed by atoms with van der Waals surface area (Å²) < 4.78 is 30.3. The Kier molecular flexibility index (Phi) is 7.43. The van der Waals surface area contributed by atoms with Crippen LogP contribution in [0.1, 0.15) is 29.5 Å². The normalized spacial score (nSPS) is 23.5. The number of methoxy groups -OCH3 is 2. The number of rotatable bonds is 7. The van der Waals surface area contributed by atoms with Crippen molar-refractivity contribution in [1.82, 2.24) is 0 Å². The van der Waals surface area contributed by atoms with Gasteiger partial charge in [-0.15, -0.1) is 0 Å². The van der Waals surface area contributed by atoms with E-state index in [0.717, 1.165) is 44.1 Å². The van der Waals surface area contributed by atoms with Crippen molar-refractivity contribution in [3.8, 4) is 11.5 Å². The van der Waals surface area contributed by atoms with Gasteiger partial charge in [0.2, 0.25) is 0 Å². The molecule has 0 radical (unpaired) electrons. The molecule has 3 atom stereocenters. The first-order valence-electron chi connectivity index (χ1n) is 11.4. The van der Waals surface area contributed by atoms with Crippen LogP contribution in [0.5, 0.6) is 11.5 Å². The van der Waals surface area contributed by atoms with Gasteiger partial charge in [0.05, 0.1) is 26.8 Å². The fraction of sp³-hybridized carbons (Fsp3) is 0.520. The fourth-order valence-electron chi connectivity index (χ4n) is 5.02. The molecule has 5 nitrogen and oxygen atoms in total. The average Bonchev–Trinajstić information content (AvgIpc) is 2.97. The summed E-state index contributed by atoms with van der Waals surface area (Å²) in [6.45, 7) is 7.68. The van der Waals surface area contributed by atoms with Crippen molar-refractivity contribution < 1.29 is 28.4 Å². The SMILES string of the molecule is COCC1CCC[NH+](Cc2ccc3c(c2)C[NH+](Cc2ccc(F)c(OC)c2)CCO3)C1. The first-order valence-corrected chi connectivity index (χ1v) is 11.4. The summed E-state index contributed by atoms with van der Waals surface area (Å²) in [6, 6.07) is 11.9. The largest absolute Gasteiger partial charge is 0.494 e. The van der Waals surface area contributed by atoms with E-state index in [2.05, 4.69) is 18.2 Å². The van der Waals surface area contributed by atoms with Crippen molar-refractivity contribution in [1.29, 1.82) is 0 Å². The Morgan fingerprint density at radius 3 is 2.68 bits per heavy atom. The number of quaternary nitrogens is 2. The molecular formula is C25H35FN2O3+2. The van der Waals surface area contributed by atoms with Crippen LogP contribution in [0.15, 0.2) is 36.4 Å². The zero-order chi connectivity index (χ0) is 21.6. The highest BCUT2D eigenvalue weighted by atomic mass is 19.1. The van der Waals surface area contributed by atoms with Crippen molar-refractivity contribution in [2.75, 3.05) is 47.1 Å². The van der Waals surface area contributed by atoms with Crippen LogP contribution < -0.4 is 19.3 Å². The number of fused-ring (bicyclic) bond motifs is 1. The number of nitrogens with one attached hydrogen (secondary N) is 2. The van der Waals surface area contributed by atoms with Gasteiger partial charge >= 0.3 is 0 Å². The number of halogens is 1.